The maximum atomic E-state index is 5.13. The van der Waals surface area contributed by atoms with Crippen molar-refractivity contribution in [1.29, 1.82) is 0 Å². The first-order valence-corrected chi connectivity index (χ1v) is 4.59. The van der Waals surface area contributed by atoms with Crippen molar-refractivity contribution in [1.82, 2.24) is 4.90 Å². The normalized spacial score (nSPS) is 16.0. The van der Waals surface area contributed by atoms with Crippen LogP contribution in [0.4, 0.5) is 0 Å². The van der Waals surface area contributed by atoms with Crippen molar-refractivity contribution in [3.63, 3.8) is 0 Å². The maximum absolute atomic E-state index is 5.13. The summed E-state index contributed by atoms with van der Waals surface area (Å²) in [5, 5.41) is 0. The number of thiocarbonyl (C=S) groups is 1. The van der Waals surface area contributed by atoms with Gasteiger partial charge in [0.25, 0.3) is 0 Å². The largest absolute Gasteiger partial charge is 0.361 e. The molecule has 0 unspecified atom stereocenters. The lowest BCUT2D eigenvalue weighted by molar-refractivity contribution is 0.363. The second kappa shape index (κ2) is 3.23. The maximum Gasteiger partial charge on any atom is 0.0800 e. The second-order valence-corrected chi connectivity index (χ2v) is 3.52. The molecule has 1 aromatic rings. The molecule has 2 heteroatoms. The first-order valence-electron chi connectivity index (χ1n) is 4.18. The Kier molecular flexibility index (Phi) is 2.09. The van der Waals surface area contributed by atoms with Crippen LogP contribution in [0.1, 0.15) is 12.0 Å². The lowest BCUT2D eigenvalue weighted by atomic mass is 10.1. The van der Waals surface area contributed by atoms with Gasteiger partial charge in [-0.3, -0.25) is 0 Å². The Hall–Kier alpha value is -0.890. The van der Waals surface area contributed by atoms with Gasteiger partial charge in [0.05, 0.1) is 4.99 Å². The third kappa shape index (κ3) is 1.48. The van der Waals surface area contributed by atoms with Crippen molar-refractivity contribution in [3.05, 3.63) is 35.9 Å². The fraction of sp³-hybridized carbons (Fsp3) is 0.300. The van der Waals surface area contributed by atoms with Gasteiger partial charge in [0.2, 0.25) is 0 Å². The Bertz CT molecular complexity index is 281. The van der Waals surface area contributed by atoms with Crippen LogP contribution in [0.2, 0.25) is 0 Å². The van der Waals surface area contributed by atoms with Gasteiger partial charge in [0, 0.05) is 19.5 Å². The minimum atomic E-state index is 0.986. The third-order valence-corrected chi connectivity index (χ3v) is 2.63. The zero-order valence-electron chi connectivity index (χ0n) is 6.86. The quantitative estimate of drug-likeness (QED) is 0.637. The predicted molar refractivity (Wildman–Crippen MR) is 54.1 cm³/mol. The van der Waals surface area contributed by atoms with E-state index in [-0.39, 0.29) is 0 Å². The van der Waals surface area contributed by atoms with Crippen molar-refractivity contribution >= 4 is 17.2 Å². The topological polar surface area (TPSA) is 3.24 Å². The number of hydrogen-bond acceptors (Lipinski definition) is 1. The van der Waals surface area contributed by atoms with E-state index in [1.54, 1.807) is 0 Å². The monoisotopic (exact) mass is 177 g/mol. The van der Waals surface area contributed by atoms with E-state index >= 15 is 0 Å². The van der Waals surface area contributed by atoms with Crippen LogP contribution in [0.25, 0.3) is 0 Å². The van der Waals surface area contributed by atoms with Gasteiger partial charge >= 0.3 is 0 Å². The van der Waals surface area contributed by atoms with E-state index in [0.717, 1.165) is 24.5 Å². The van der Waals surface area contributed by atoms with Crippen LogP contribution in [0, 0.1) is 0 Å². The van der Waals surface area contributed by atoms with Crippen molar-refractivity contribution in [3.8, 4) is 0 Å². The first-order chi connectivity index (χ1) is 5.86. The molecule has 12 heavy (non-hydrogen) atoms. The summed E-state index contributed by atoms with van der Waals surface area (Å²) in [6.45, 7) is 2.12. The first kappa shape index (κ1) is 7.74. The van der Waals surface area contributed by atoms with Gasteiger partial charge in [0.1, 0.15) is 0 Å². The zero-order chi connectivity index (χ0) is 8.39. The molecule has 0 aromatic heterocycles. The average molecular weight is 177 g/mol. The van der Waals surface area contributed by atoms with Crippen LogP contribution in [0.5, 0.6) is 0 Å². The molecule has 62 valence electrons. The third-order valence-electron chi connectivity index (χ3n) is 2.16. The summed E-state index contributed by atoms with van der Waals surface area (Å²) in [5.74, 6) is 0. The van der Waals surface area contributed by atoms with Gasteiger partial charge in [-0.15, -0.1) is 0 Å². The minimum absolute atomic E-state index is 0.986. The second-order valence-electron chi connectivity index (χ2n) is 3.05. The molecule has 0 spiro atoms. The SMILES string of the molecule is S=C1CCN1Cc1ccccc1. The van der Waals surface area contributed by atoms with E-state index in [0.29, 0.717) is 0 Å². The summed E-state index contributed by atoms with van der Waals surface area (Å²) in [4.78, 5) is 3.35. The molecule has 0 aliphatic carbocycles. The molecule has 1 saturated heterocycles. The fourth-order valence-electron chi connectivity index (χ4n) is 1.33. The molecule has 1 heterocycles. The van der Waals surface area contributed by atoms with Crippen LogP contribution in [0.15, 0.2) is 30.3 Å². The van der Waals surface area contributed by atoms with Gasteiger partial charge in [-0.25, -0.2) is 0 Å². The molecular formula is C10H11NS. The lowest BCUT2D eigenvalue weighted by Gasteiger charge is -2.33. The van der Waals surface area contributed by atoms with E-state index < -0.39 is 0 Å². The van der Waals surface area contributed by atoms with Gasteiger partial charge in [0.15, 0.2) is 0 Å². The highest BCUT2D eigenvalue weighted by atomic mass is 32.1. The molecule has 1 nitrogen and oxygen atoms in total. The smallest absolute Gasteiger partial charge is 0.0800 e. The van der Waals surface area contributed by atoms with E-state index in [1.165, 1.54) is 5.56 Å². The summed E-state index contributed by atoms with van der Waals surface area (Å²) in [5.41, 5.74) is 1.35. The van der Waals surface area contributed by atoms with E-state index in [4.69, 9.17) is 12.2 Å². The van der Waals surface area contributed by atoms with E-state index in [1.807, 2.05) is 6.07 Å². The number of rotatable bonds is 2. The molecule has 1 fully saturated rings. The number of likely N-dealkylation sites (tertiary alicyclic amines) is 1. The molecule has 1 aromatic carbocycles. The summed E-state index contributed by atoms with van der Waals surface area (Å²) in [6.07, 6.45) is 1.10. The summed E-state index contributed by atoms with van der Waals surface area (Å²) >= 11 is 5.13. The molecule has 1 aliphatic rings. The Morgan fingerprint density at radius 1 is 1.25 bits per heavy atom. The molecule has 0 N–H and O–H groups in total. The molecular weight excluding hydrogens is 166 g/mol. The Balaban J connectivity index is 2.00. The Morgan fingerprint density at radius 2 is 2.00 bits per heavy atom. The van der Waals surface area contributed by atoms with E-state index in [9.17, 15) is 0 Å². The Labute approximate surface area is 78.0 Å². The molecule has 2 rings (SSSR count). The van der Waals surface area contributed by atoms with Crippen molar-refractivity contribution in [2.24, 2.45) is 0 Å². The Morgan fingerprint density at radius 3 is 2.50 bits per heavy atom. The van der Waals surface area contributed by atoms with Gasteiger partial charge < -0.3 is 4.90 Å². The van der Waals surface area contributed by atoms with Crippen molar-refractivity contribution in [2.45, 2.75) is 13.0 Å². The number of hydrogen-bond donors (Lipinski definition) is 0. The fourth-order valence-corrected chi connectivity index (χ4v) is 1.58. The standard InChI is InChI=1S/C10H11NS/c12-10-6-7-11(10)8-9-4-2-1-3-5-9/h1-5H,6-8H2. The zero-order valence-corrected chi connectivity index (χ0v) is 7.68. The van der Waals surface area contributed by atoms with Crippen molar-refractivity contribution < 1.29 is 0 Å². The average Bonchev–Trinajstić information content (AvgIpc) is 2.14. The highest BCUT2D eigenvalue weighted by Crippen LogP contribution is 2.14. The van der Waals surface area contributed by atoms with Crippen LogP contribution >= 0.6 is 12.2 Å². The predicted octanol–water partition coefficient (Wildman–Crippen LogP) is 2.22. The highest BCUT2D eigenvalue weighted by molar-refractivity contribution is 7.80. The summed E-state index contributed by atoms with van der Waals surface area (Å²) < 4.78 is 0. The molecule has 1 aliphatic heterocycles. The summed E-state index contributed by atoms with van der Waals surface area (Å²) in [7, 11) is 0. The van der Waals surface area contributed by atoms with Crippen LogP contribution in [0.3, 0.4) is 0 Å². The van der Waals surface area contributed by atoms with Gasteiger partial charge in [-0.05, 0) is 5.56 Å². The van der Waals surface area contributed by atoms with Crippen LogP contribution < -0.4 is 0 Å². The highest BCUT2D eigenvalue weighted by Gasteiger charge is 2.18. The van der Waals surface area contributed by atoms with Crippen LogP contribution in [-0.4, -0.2) is 16.4 Å². The van der Waals surface area contributed by atoms with Gasteiger partial charge in [-0.2, -0.15) is 0 Å². The number of nitrogens with zero attached hydrogens (tertiary/aromatic N) is 1. The van der Waals surface area contributed by atoms with Crippen LogP contribution in [-0.2, 0) is 6.54 Å². The van der Waals surface area contributed by atoms with Gasteiger partial charge in [-0.1, -0.05) is 42.5 Å². The summed E-state index contributed by atoms with van der Waals surface area (Å²) in [6, 6.07) is 10.5. The lowest BCUT2D eigenvalue weighted by Crippen LogP contribution is -2.41. The number of benzene rings is 1. The molecule has 0 bridgehead atoms. The minimum Gasteiger partial charge on any atom is -0.361 e. The molecule has 0 amide bonds. The van der Waals surface area contributed by atoms with Crippen molar-refractivity contribution in [2.75, 3.05) is 6.54 Å². The molecule has 0 atom stereocenters. The molecule has 0 saturated carbocycles. The van der Waals surface area contributed by atoms with E-state index in [2.05, 4.69) is 29.2 Å². The molecule has 0 radical (unpaired) electrons.